The smallest absolute Gasteiger partial charge is 0.406 e. The Balaban J connectivity index is 2.16. The second-order valence-electron chi connectivity index (χ2n) is 5.27. The first-order valence-corrected chi connectivity index (χ1v) is 7.68. The van der Waals surface area contributed by atoms with Crippen molar-refractivity contribution in [2.75, 3.05) is 6.61 Å². The van der Waals surface area contributed by atoms with Gasteiger partial charge in [-0.15, -0.1) is 0 Å². The maximum absolute atomic E-state index is 12.6. The molecule has 0 amide bonds. The standard InChI is InChI=1S/C16H14Cl2F3NO2/c1-9-5-12(10(2)22(9)8-16(19,20)21)14(23)7-24-15-6-11(17)3-4-13(15)18/h3-6H,7-8H2,1-2H3. The summed E-state index contributed by atoms with van der Waals surface area (Å²) in [6, 6.07) is 5.98. The molecular formula is C16H14Cl2F3NO2. The number of halogens is 5. The van der Waals surface area contributed by atoms with Crippen LogP contribution < -0.4 is 4.74 Å². The van der Waals surface area contributed by atoms with Crippen LogP contribution in [-0.4, -0.2) is 23.1 Å². The lowest BCUT2D eigenvalue weighted by molar-refractivity contribution is -0.141. The van der Waals surface area contributed by atoms with Gasteiger partial charge in [-0.1, -0.05) is 23.2 Å². The SMILES string of the molecule is Cc1cc(C(=O)COc2cc(Cl)ccc2Cl)c(C)n1CC(F)(F)F. The van der Waals surface area contributed by atoms with Gasteiger partial charge in [0.2, 0.25) is 5.78 Å². The molecule has 0 spiro atoms. The summed E-state index contributed by atoms with van der Waals surface area (Å²) in [7, 11) is 0. The van der Waals surface area contributed by atoms with E-state index in [0.29, 0.717) is 10.7 Å². The molecule has 1 aromatic heterocycles. The molecule has 1 aromatic carbocycles. The van der Waals surface area contributed by atoms with Crippen molar-refractivity contribution in [3.8, 4) is 5.75 Å². The number of ketones is 1. The van der Waals surface area contributed by atoms with Crippen LogP contribution in [0.1, 0.15) is 21.7 Å². The van der Waals surface area contributed by atoms with Crippen LogP contribution in [-0.2, 0) is 6.54 Å². The number of nitrogens with zero attached hydrogens (tertiary/aromatic N) is 1. The molecule has 0 radical (unpaired) electrons. The van der Waals surface area contributed by atoms with Crippen LogP contribution in [0.25, 0.3) is 0 Å². The number of aromatic nitrogens is 1. The number of benzene rings is 1. The first-order chi connectivity index (χ1) is 11.1. The Labute approximate surface area is 146 Å². The van der Waals surface area contributed by atoms with Crippen LogP contribution >= 0.6 is 23.2 Å². The molecule has 8 heteroatoms. The van der Waals surface area contributed by atoms with E-state index >= 15 is 0 Å². The molecule has 0 N–H and O–H groups in total. The average molecular weight is 380 g/mol. The number of Topliss-reactive ketones (excluding diaryl/α,β-unsaturated/α-hetero) is 1. The number of ether oxygens (including phenoxy) is 1. The van der Waals surface area contributed by atoms with Crippen molar-refractivity contribution in [2.24, 2.45) is 0 Å². The van der Waals surface area contributed by atoms with Crippen molar-refractivity contribution < 1.29 is 22.7 Å². The van der Waals surface area contributed by atoms with Crippen molar-refractivity contribution in [1.82, 2.24) is 4.57 Å². The summed E-state index contributed by atoms with van der Waals surface area (Å²) in [6.07, 6.45) is -4.36. The van der Waals surface area contributed by atoms with Gasteiger partial charge in [-0.25, -0.2) is 0 Å². The Morgan fingerprint density at radius 1 is 1.21 bits per heavy atom. The summed E-state index contributed by atoms with van der Waals surface area (Å²) in [5.41, 5.74) is 0.791. The molecule has 0 aliphatic heterocycles. The Hall–Kier alpha value is -1.66. The zero-order valence-corrected chi connectivity index (χ0v) is 14.4. The average Bonchev–Trinajstić information content (AvgIpc) is 2.74. The predicted molar refractivity (Wildman–Crippen MR) is 86.2 cm³/mol. The summed E-state index contributed by atoms with van der Waals surface area (Å²) in [5.74, 6) is -0.200. The topological polar surface area (TPSA) is 31.2 Å². The highest BCUT2D eigenvalue weighted by Crippen LogP contribution is 2.28. The maximum atomic E-state index is 12.6. The molecule has 0 aliphatic rings. The number of alkyl halides is 3. The van der Waals surface area contributed by atoms with E-state index < -0.39 is 18.5 Å². The van der Waals surface area contributed by atoms with Gasteiger partial charge in [0, 0.05) is 28.0 Å². The van der Waals surface area contributed by atoms with Gasteiger partial charge >= 0.3 is 6.18 Å². The van der Waals surface area contributed by atoms with E-state index in [9.17, 15) is 18.0 Å². The fourth-order valence-corrected chi connectivity index (χ4v) is 2.65. The molecule has 0 atom stereocenters. The second-order valence-corrected chi connectivity index (χ2v) is 6.12. The largest absolute Gasteiger partial charge is 0.484 e. The summed E-state index contributed by atoms with van der Waals surface area (Å²) in [5, 5.41) is 0.681. The monoisotopic (exact) mass is 379 g/mol. The molecule has 130 valence electrons. The zero-order valence-electron chi connectivity index (χ0n) is 12.9. The Morgan fingerprint density at radius 2 is 1.88 bits per heavy atom. The molecular weight excluding hydrogens is 366 g/mol. The highest BCUT2D eigenvalue weighted by atomic mass is 35.5. The number of carbonyl (C=O) groups is 1. The number of hydrogen-bond donors (Lipinski definition) is 0. The van der Waals surface area contributed by atoms with Gasteiger partial charge in [-0.2, -0.15) is 13.2 Å². The normalized spacial score (nSPS) is 11.6. The van der Waals surface area contributed by atoms with Crippen LogP contribution in [0.4, 0.5) is 13.2 Å². The quantitative estimate of drug-likeness (QED) is 0.665. The first kappa shape index (κ1) is 18.7. The van der Waals surface area contributed by atoms with Gasteiger partial charge in [-0.3, -0.25) is 4.79 Å². The lowest BCUT2D eigenvalue weighted by Gasteiger charge is -2.12. The number of aryl methyl sites for hydroxylation is 1. The summed E-state index contributed by atoms with van der Waals surface area (Å²) >= 11 is 11.8. The van der Waals surface area contributed by atoms with Crippen molar-refractivity contribution in [3.63, 3.8) is 0 Å². The molecule has 0 saturated carbocycles. The molecule has 0 saturated heterocycles. The molecule has 1 heterocycles. The van der Waals surface area contributed by atoms with Crippen LogP contribution in [0.15, 0.2) is 24.3 Å². The maximum Gasteiger partial charge on any atom is 0.406 e. The fraction of sp³-hybridized carbons (Fsp3) is 0.312. The molecule has 24 heavy (non-hydrogen) atoms. The number of hydrogen-bond acceptors (Lipinski definition) is 2. The summed E-state index contributed by atoms with van der Waals surface area (Å²) < 4.78 is 44.2. The molecule has 2 aromatic rings. The predicted octanol–water partition coefficient (Wildman–Crippen LogP) is 5.24. The molecule has 3 nitrogen and oxygen atoms in total. The van der Waals surface area contributed by atoms with E-state index in [1.165, 1.54) is 32.0 Å². The van der Waals surface area contributed by atoms with E-state index in [4.69, 9.17) is 27.9 Å². The number of carbonyl (C=O) groups excluding carboxylic acids is 1. The first-order valence-electron chi connectivity index (χ1n) is 6.93. The number of rotatable bonds is 5. The summed E-state index contributed by atoms with van der Waals surface area (Å²) in [6.45, 7) is 1.50. The fourth-order valence-electron chi connectivity index (χ4n) is 2.31. The molecule has 0 bridgehead atoms. The van der Waals surface area contributed by atoms with Gasteiger partial charge in [-0.05, 0) is 32.0 Å². The minimum absolute atomic E-state index is 0.190. The lowest BCUT2D eigenvalue weighted by Crippen LogP contribution is -2.20. The molecule has 0 unspecified atom stereocenters. The van der Waals surface area contributed by atoms with Crippen LogP contribution in [0.5, 0.6) is 5.75 Å². The van der Waals surface area contributed by atoms with Gasteiger partial charge < -0.3 is 9.30 Å². The van der Waals surface area contributed by atoms with Crippen LogP contribution in [0, 0.1) is 13.8 Å². The second kappa shape index (κ2) is 7.07. The van der Waals surface area contributed by atoms with Crippen molar-refractivity contribution in [1.29, 1.82) is 0 Å². The highest BCUT2D eigenvalue weighted by molar-refractivity contribution is 6.34. The van der Waals surface area contributed by atoms with Crippen LogP contribution in [0.2, 0.25) is 10.0 Å². The summed E-state index contributed by atoms with van der Waals surface area (Å²) in [4.78, 5) is 12.3. The van der Waals surface area contributed by atoms with E-state index in [0.717, 1.165) is 4.57 Å². The third-order valence-electron chi connectivity index (χ3n) is 3.46. The van der Waals surface area contributed by atoms with Crippen LogP contribution in [0.3, 0.4) is 0 Å². The minimum Gasteiger partial charge on any atom is -0.484 e. The van der Waals surface area contributed by atoms with Gasteiger partial charge in [0.1, 0.15) is 12.3 Å². The molecule has 0 aliphatic carbocycles. The van der Waals surface area contributed by atoms with E-state index in [1.807, 2.05) is 0 Å². The lowest BCUT2D eigenvalue weighted by atomic mass is 10.1. The molecule has 0 fully saturated rings. The molecule has 2 rings (SSSR count). The van der Waals surface area contributed by atoms with Gasteiger partial charge in [0.25, 0.3) is 0 Å². The Bertz CT molecular complexity index is 769. The van der Waals surface area contributed by atoms with Crippen molar-refractivity contribution in [2.45, 2.75) is 26.6 Å². The minimum atomic E-state index is -4.36. The van der Waals surface area contributed by atoms with Gasteiger partial charge in [0.05, 0.1) is 5.02 Å². The zero-order chi connectivity index (χ0) is 18.1. The van der Waals surface area contributed by atoms with Crippen molar-refractivity contribution >= 4 is 29.0 Å². The van der Waals surface area contributed by atoms with E-state index in [-0.39, 0.29) is 28.6 Å². The highest BCUT2D eigenvalue weighted by Gasteiger charge is 2.30. The van der Waals surface area contributed by atoms with E-state index in [1.54, 1.807) is 6.07 Å². The Morgan fingerprint density at radius 3 is 2.50 bits per heavy atom. The van der Waals surface area contributed by atoms with E-state index in [2.05, 4.69) is 0 Å². The Kier molecular flexibility index (Phi) is 5.50. The third kappa shape index (κ3) is 4.45. The third-order valence-corrected chi connectivity index (χ3v) is 4.01. The van der Waals surface area contributed by atoms with Crippen molar-refractivity contribution in [3.05, 3.63) is 51.3 Å². The van der Waals surface area contributed by atoms with Gasteiger partial charge in [0.15, 0.2) is 6.61 Å².